The van der Waals surface area contributed by atoms with Crippen molar-refractivity contribution in [2.75, 3.05) is 19.5 Å². The molecule has 0 heterocycles. The highest BCUT2D eigenvalue weighted by Gasteiger charge is 2.59. The Balaban J connectivity index is 2.18. The molecular weight excluding hydrogens is 408 g/mol. The first-order valence-electron chi connectivity index (χ1n) is 11.1. The molecule has 0 aliphatic heterocycles. The maximum Gasteiger partial charge on any atom is 0.328 e. The van der Waals surface area contributed by atoms with Gasteiger partial charge in [0.05, 0.1) is 12.5 Å². The molecule has 1 aliphatic rings. The summed E-state index contributed by atoms with van der Waals surface area (Å²) in [6, 6.07) is 6.84. The summed E-state index contributed by atoms with van der Waals surface area (Å²) in [6.07, 6.45) is 1.40. The van der Waals surface area contributed by atoms with E-state index in [0.29, 0.717) is 19.3 Å². The number of rotatable bonds is 7. The van der Waals surface area contributed by atoms with Crippen molar-refractivity contribution >= 4 is 23.5 Å². The molecule has 0 unspecified atom stereocenters. The monoisotopic (exact) mass is 446 g/mol. The molecule has 3 atom stereocenters. The van der Waals surface area contributed by atoms with E-state index in [1.807, 2.05) is 72.9 Å². The molecule has 1 fully saturated rings. The average molecular weight is 447 g/mol. The normalized spacial score (nSPS) is 23.2. The summed E-state index contributed by atoms with van der Waals surface area (Å²) >= 11 is 0. The number of methoxy groups -OCH3 is 1. The SMILES string of the molecule is CNc1ccc(C[C@H](NC(=O)[C@H]2CC[C@@](C)(C(=O)OC(C)(C)C)C2(C)C)C(=O)OC)cc1. The molecule has 1 aliphatic carbocycles. The lowest BCUT2D eigenvalue weighted by Gasteiger charge is -2.40. The first-order chi connectivity index (χ1) is 14.7. The van der Waals surface area contributed by atoms with E-state index in [-0.39, 0.29) is 11.9 Å². The van der Waals surface area contributed by atoms with Crippen LogP contribution >= 0.6 is 0 Å². The Hall–Kier alpha value is -2.57. The van der Waals surface area contributed by atoms with Crippen LogP contribution in [0, 0.1) is 16.7 Å². The van der Waals surface area contributed by atoms with Crippen LogP contribution in [-0.4, -0.2) is 43.6 Å². The summed E-state index contributed by atoms with van der Waals surface area (Å²) < 4.78 is 10.6. The van der Waals surface area contributed by atoms with Crippen molar-refractivity contribution in [2.24, 2.45) is 16.7 Å². The number of hydrogen-bond acceptors (Lipinski definition) is 6. The highest BCUT2D eigenvalue weighted by atomic mass is 16.6. The van der Waals surface area contributed by atoms with Crippen molar-refractivity contribution < 1.29 is 23.9 Å². The fraction of sp³-hybridized carbons (Fsp3) is 0.640. The molecule has 1 amide bonds. The molecule has 2 rings (SSSR count). The summed E-state index contributed by atoms with van der Waals surface area (Å²) in [7, 11) is 3.14. The van der Waals surface area contributed by atoms with Crippen LogP contribution < -0.4 is 10.6 Å². The lowest BCUT2D eigenvalue weighted by Crippen LogP contribution is -2.51. The Morgan fingerprint density at radius 3 is 2.22 bits per heavy atom. The number of esters is 2. The minimum Gasteiger partial charge on any atom is -0.467 e. The quantitative estimate of drug-likeness (QED) is 0.620. The highest BCUT2D eigenvalue weighted by molar-refractivity contribution is 5.88. The molecule has 7 nitrogen and oxygen atoms in total. The number of nitrogens with one attached hydrogen (secondary N) is 2. The molecule has 0 spiro atoms. The van der Waals surface area contributed by atoms with Gasteiger partial charge in [-0.2, -0.15) is 0 Å². The fourth-order valence-corrected chi connectivity index (χ4v) is 4.37. The van der Waals surface area contributed by atoms with Gasteiger partial charge in [0, 0.05) is 25.1 Å². The van der Waals surface area contributed by atoms with E-state index in [9.17, 15) is 14.4 Å². The van der Waals surface area contributed by atoms with E-state index in [2.05, 4.69) is 10.6 Å². The molecule has 178 valence electrons. The molecule has 0 bridgehead atoms. The summed E-state index contributed by atoms with van der Waals surface area (Å²) in [5.74, 6) is -1.47. The van der Waals surface area contributed by atoms with Crippen LogP contribution in [0.5, 0.6) is 0 Å². The topological polar surface area (TPSA) is 93.7 Å². The lowest BCUT2D eigenvalue weighted by molar-refractivity contribution is -0.173. The van der Waals surface area contributed by atoms with Crippen LogP contribution in [0.1, 0.15) is 59.9 Å². The molecule has 2 N–H and O–H groups in total. The van der Waals surface area contributed by atoms with Crippen molar-refractivity contribution in [3.8, 4) is 0 Å². The van der Waals surface area contributed by atoms with Crippen molar-refractivity contribution in [3.05, 3.63) is 29.8 Å². The van der Waals surface area contributed by atoms with Crippen molar-refractivity contribution in [1.29, 1.82) is 0 Å². The zero-order valence-corrected chi connectivity index (χ0v) is 20.6. The van der Waals surface area contributed by atoms with Gasteiger partial charge in [0.25, 0.3) is 0 Å². The Morgan fingerprint density at radius 1 is 1.12 bits per heavy atom. The minimum absolute atomic E-state index is 0.246. The van der Waals surface area contributed by atoms with E-state index >= 15 is 0 Å². The van der Waals surface area contributed by atoms with E-state index in [4.69, 9.17) is 9.47 Å². The van der Waals surface area contributed by atoms with Gasteiger partial charge in [-0.25, -0.2) is 4.79 Å². The largest absolute Gasteiger partial charge is 0.467 e. The van der Waals surface area contributed by atoms with Gasteiger partial charge in [0.15, 0.2) is 0 Å². The lowest BCUT2D eigenvalue weighted by atomic mass is 9.65. The van der Waals surface area contributed by atoms with Crippen LogP contribution in [0.4, 0.5) is 5.69 Å². The summed E-state index contributed by atoms with van der Waals surface area (Å²) in [5, 5.41) is 5.94. The van der Waals surface area contributed by atoms with Crippen LogP contribution in [0.3, 0.4) is 0 Å². The predicted molar refractivity (Wildman–Crippen MR) is 124 cm³/mol. The van der Waals surface area contributed by atoms with Crippen LogP contribution in [0.25, 0.3) is 0 Å². The maximum absolute atomic E-state index is 13.3. The smallest absolute Gasteiger partial charge is 0.328 e. The molecular formula is C25H38N2O5. The predicted octanol–water partition coefficient (Wildman–Crippen LogP) is 3.71. The van der Waals surface area contributed by atoms with E-state index in [0.717, 1.165) is 11.3 Å². The molecule has 1 saturated carbocycles. The van der Waals surface area contributed by atoms with Gasteiger partial charge in [-0.1, -0.05) is 26.0 Å². The van der Waals surface area contributed by atoms with Crippen LogP contribution in [-0.2, 0) is 30.3 Å². The number of anilines is 1. The van der Waals surface area contributed by atoms with Gasteiger partial charge in [-0.05, 0) is 63.6 Å². The molecule has 1 aromatic rings. The molecule has 0 aromatic heterocycles. The third kappa shape index (κ3) is 5.43. The fourth-order valence-electron chi connectivity index (χ4n) is 4.37. The first kappa shape index (κ1) is 25.7. The van der Waals surface area contributed by atoms with Crippen molar-refractivity contribution in [1.82, 2.24) is 5.32 Å². The second-order valence-electron chi connectivity index (χ2n) is 10.4. The van der Waals surface area contributed by atoms with Crippen molar-refractivity contribution in [3.63, 3.8) is 0 Å². The van der Waals surface area contributed by atoms with E-state index < -0.39 is 34.4 Å². The maximum atomic E-state index is 13.3. The van der Waals surface area contributed by atoms with Crippen molar-refractivity contribution in [2.45, 2.75) is 72.4 Å². The minimum atomic E-state index is -0.808. The molecule has 0 saturated heterocycles. The zero-order valence-electron chi connectivity index (χ0n) is 20.6. The third-order valence-electron chi connectivity index (χ3n) is 6.88. The zero-order chi connectivity index (χ0) is 24.3. The number of hydrogen-bond donors (Lipinski definition) is 2. The van der Waals surface area contributed by atoms with Gasteiger partial charge in [-0.15, -0.1) is 0 Å². The number of benzene rings is 1. The Morgan fingerprint density at radius 2 is 1.72 bits per heavy atom. The summed E-state index contributed by atoms with van der Waals surface area (Å²) in [4.78, 5) is 38.7. The van der Waals surface area contributed by atoms with Gasteiger partial charge in [-0.3, -0.25) is 9.59 Å². The molecule has 0 radical (unpaired) electrons. The van der Waals surface area contributed by atoms with Crippen LogP contribution in [0.15, 0.2) is 24.3 Å². The van der Waals surface area contributed by atoms with E-state index in [1.165, 1.54) is 7.11 Å². The number of carbonyl (C=O) groups is 3. The summed E-state index contributed by atoms with van der Waals surface area (Å²) in [5.41, 5.74) is -0.180. The highest BCUT2D eigenvalue weighted by Crippen LogP contribution is 2.57. The molecule has 32 heavy (non-hydrogen) atoms. The average Bonchev–Trinajstić information content (AvgIpc) is 2.96. The second kappa shape index (κ2) is 9.51. The number of carbonyl (C=O) groups excluding carboxylic acids is 3. The second-order valence-corrected chi connectivity index (χ2v) is 10.4. The van der Waals surface area contributed by atoms with Gasteiger partial charge >= 0.3 is 11.9 Å². The first-order valence-corrected chi connectivity index (χ1v) is 11.1. The van der Waals surface area contributed by atoms with E-state index in [1.54, 1.807) is 0 Å². The van der Waals surface area contributed by atoms with Gasteiger partial charge < -0.3 is 20.1 Å². The summed E-state index contributed by atoms with van der Waals surface area (Å²) in [6.45, 7) is 11.2. The van der Waals surface area contributed by atoms with Gasteiger partial charge in [0.1, 0.15) is 11.6 Å². The third-order valence-corrected chi connectivity index (χ3v) is 6.88. The number of ether oxygens (including phenoxy) is 2. The number of amides is 1. The van der Waals surface area contributed by atoms with Gasteiger partial charge in [0.2, 0.25) is 5.91 Å². The Bertz CT molecular complexity index is 841. The molecule has 1 aromatic carbocycles. The standard InChI is InChI=1S/C25H38N2O5/c1-23(2,3)32-22(30)25(6)14-13-18(24(25,4)5)20(28)27-19(21(29)31-8)15-16-9-11-17(26-7)12-10-16/h9-12,18-19,26H,13-15H2,1-8H3,(H,27,28)/t18-,19+,25+/m1/s1. The Labute approximate surface area is 191 Å². The molecule has 7 heteroatoms. The Kier molecular flexibility index (Phi) is 7.63. The van der Waals surface area contributed by atoms with Crippen LogP contribution in [0.2, 0.25) is 0 Å².